The number of aldehydes is 1. The van der Waals surface area contributed by atoms with Crippen molar-refractivity contribution in [2.75, 3.05) is 0 Å². The summed E-state index contributed by atoms with van der Waals surface area (Å²) in [5, 5.41) is 0. The maximum absolute atomic E-state index is 12.1. The molecule has 0 aliphatic carbocycles. The molecule has 0 atom stereocenters. The van der Waals surface area contributed by atoms with Crippen LogP contribution in [0.15, 0.2) is 22.1 Å². The van der Waals surface area contributed by atoms with Gasteiger partial charge in [0, 0.05) is 6.42 Å². The van der Waals surface area contributed by atoms with E-state index >= 15 is 0 Å². The van der Waals surface area contributed by atoms with E-state index in [1.165, 1.54) is 44.9 Å². The molecule has 0 radical (unpaired) electrons. The molecule has 0 spiro atoms. The average Bonchev–Trinajstić information content (AvgIpc) is 3.06. The van der Waals surface area contributed by atoms with E-state index < -0.39 is 0 Å². The topological polar surface area (TPSA) is 47.3 Å². The lowest BCUT2D eigenvalue weighted by Gasteiger charge is -2.01. The fraction of sp³-hybridized carbons (Fsp3) is 0.619. The van der Waals surface area contributed by atoms with Gasteiger partial charge in [-0.2, -0.15) is 0 Å². The Bertz CT molecular complexity index is 511. The predicted molar refractivity (Wildman–Crippen MR) is 99.2 cm³/mol. The van der Waals surface area contributed by atoms with Gasteiger partial charge in [0.2, 0.25) is 0 Å². The van der Waals surface area contributed by atoms with Crippen molar-refractivity contribution in [2.24, 2.45) is 0 Å². The maximum atomic E-state index is 12.1. The SMILES string of the molecule is CCCCCCCCCCCC(=O)c1ccc(C=C(C=O)CC)o1. The number of carbonyl (C=O) groups is 2. The summed E-state index contributed by atoms with van der Waals surface area (Å²) >= 11 is 0. The van der Waals surface area contributed by atoms with Crippen LogP contribution in [0.25, 0.3) is 6.08 Å². The molecule has 1 aromatic heterocycles. The zero-order valence-electron chi connectivity index (χ0n) is 15.3. The van der Waals surface area contributed by atoms with Gasteiger partial charge in [-0.15, -0.1) is 0 Å². The number of carbonyl (C=O) groups excluding carboxylic acids is 2. The van der Waals surface area contributed by atoms with Crippen molar-refractivity contribution in [1.29, 1.82) is 0 Å². The van der Waals surface area contributed by atoms with Crippen molar-refractivity contribution in [1.82, 2.24) is 0 Å². The van der Waals surface area contributed by atoms with Crippen LogP contribution < -0.4 is 0 Å². The second-order valence-electron chi connectivity index (χ2n) is 6.39. The Balaban J connectivity index is 2.21. The molecule has 1 rings (SSSR count). The minimum absolute atomic E-state index is 0.0572. The molecule has 0 bridgehead atoms. The van der Waals surface area contributed by atoms with Crippen molar-refractivity contribution >= 4 is 18.1 Å². The molecule has 0 saturated heterocycles. The first-order valence-electron chi connectivity index (χ1n) is 9.50. The summed E-state index contributed by atoms with van der Waals surface area (Å²) < 4.78 is 5.53. The Morgan fingerprint density at radius 2 is 1.58 bits per heavy atom. The molecular formula is C21H32O3. The highest BCUT2D eigenvalue weighted by Crippen LogP contribution is 2.16. The Morgan fingerprint density at radius 1 is 0.958 bits per heavy atom. The molecule has 0 amide bonds. The van der Waals surface area contributed by atoms with Crippen molar-refractivity contribution in [3.8, 4) is 0 Å². The lowest BCUT2D eigenvalue weighted by Crippen LogP contribution is -1.96. The van der Waals surface area contributed by atoms with Gasteiger partial charge >= 0.3 is 0 Å². The van der Waals surface area contributed by atoms with E-state index in [4.69, 9.17) is 4.42 Å². The second-order valence-corrected chi connectivity index (χ2v) is 6.39. The lowest BCUT2D eigenvalue weighted by molar-refractivity contribution is -0.104. The molecule has 134 valence electrons. The molecule has 1 heterocycles. The van der Waals surface area contributed by atoms with Crippen molar-refractivity contribution < 1.29 is 14.0 Å². The number of furan rings is 1. The summed E-state index contributed by atoms with van der Waals surface area (Å²) in [6.07, 6.45) is 14.9. The smallest absolute Gasteiger partial charge is 0.198 e. The number of unbranched alkanes of at least 4 members (excludes halogenated alkanes) is 8. The molecule has 0 aliphatic rings. The Kier molecular flexibility index (Phi) is 10.8. The van der Waals surface area contributed by atoms with E-state index in [9.17, 15) is 9.59 Å². The average molecular weight is 332 g/mol. The Labute approximate surface area is 146 Å². The zero-order valence-corrected chi connectivity index (χ0v) is 15.3. The summed E-state index contributed by atoms with van der Waals surface area (Å²) in [5.41, 5.74) is 0.669. The monoisotopic (exact) mass is 332 g/mol. The van der Waals surface area contributed by atoms with Gasteiger partial charge in [0.25, 0.3) is 0 Å². The van der Waals surface area contributed by atoms with E-state index in [0.717, 1.165) is 19.1 Å². The van der Waals surface area contributed by atoms with E-state index in [1.54, 1.807) is 18.2 Å². The van der Waals surface area contributed by atoms with Crippen LogP contribution in [0.3, 0.4) is 0 Å². The minimum atomic E-state index is 0.0572. The highest BCUT2D eigenvalue weighted by molar-refractivity contribution is 5.93. The normalized spacial score (nSPS) is 11.7. The molecule has 3 nitrogen and oxygen atoms in total. The Morgan fingerprint density at radius 3 is 2.17 bits per heavy atom. The van der Waals surface area contributed by atoms with Crippen LogP contribution in [0.4, 0.5) is 0 Å². The third-order valence-corrected chi connectivity index (χ3v) is 4.30. The predicted octanol–water partition coefficient (Wildman–Crippen LogP) is 6.38. The van der Waals surface area contributed by atoms with E-state index in [-0.39, 0.29) is 5.78 Å². The summed E-state index contributed by atoms with van der Waals surface area (Å²) in [6, 6.07) is 3.46. The number of rotatable bonds is 14. The van der Waals surface area contributed by atoms with E-state index in [2.05, 4.69) is 6.92 Å². The van der Waals surface area contributed by atoms with Gasteiger partial charge in [-0.1, -0.05) is 65.2 Å². The highest BCUT2D eigenvalue weighted by atomic mass is 16.3. The van der Waals surface area contributed by atoms with Crippen LogP contribution in [0.5, 0.6) is 0 Å². The molecule has 0 aromatic carbocycles. The fourth-order valence-corrected chi connectivity index (χ4v) is 2.70. The molecule has 0 aliphatic heterocycles. The molecular weight excluding hydrogens is 300 g/mol. The zero-order chi connectivity index (χ0) is 17.6. The quantitative estimate of drug-likeness (QED) is 0.172. The van der Waals surface area contributed by atoms with Gasteiger partial charge < -0.3 is 4.42 Å². The standard InChI is InChI=1S/C21H32O3/c1-3-5-6-7-8-9-10-11-12-13-20(23)21-15-14-19(24-21)16-18(4-2)17-22/h14-17H,3-13H2,1-2H3. The van der Waals surface area contributed by atoms with Gasteiger partial charge in [-0.05, 0) is 36.6 Å². The highest BCUT2D eigenvalue weighted by Gasteiger charge is 2.10. The van der Waals surface area contributed by atoms with Gasteiger partial charge in [0.1, 0.15) is 12.0 Å². The Hall–Kier alpha value is -1.64. The third-order valence-electron chi connectivity index (χ3n) is 4.30. The summed E-state index contributed by atoms with van der Waals surface area (Å²) in [5.74, 6) is 1.04. The molecule has 1 aromatic rings. The number of hydrogen-bond acceptors (Lipinski definition) is 3. The first-order valence-corrected chi connectivity index (χ1v) is 9.50. The number of ketones is 1. The van der Waals surface area contributed by atoms with Crippen molar-refractivity contribution in [3.63, 3.8) is 0 Å². The summed E-state index contributed by atoms with van der Waals surface area (Å²) in [4.78, 5) is 22.9. The van der Waals surface area contributed by atoms with E-state index in [1.807, 2.05) is 6.92 Å². The van der Waals surface area contributed by atoms with Crippen LogP contribution in [-0.2, 0) is 4.79 Å². The molecule has 0 saturated carbocycles. The van der Waals surface area contributed by atoms with Crippen LogP contribution in [0.1, 0.15) is 101 Å². The lowest BCUT2D eigenvalue weighted by atomic mass is 10.1. The third kappa shape index (κ3) is 8.28. The second kappa shape index (κ2) is 12.7. The van der Waals surface area contributed by atoms with Gasteiger partial charge in [0.05, 0.1) is 0 Å². The van der Waals surface area contributed by atoms with E-state index in [0.29, 0.717) is 29.9 Å². The van der Waals surface area contributed by atoms with Crippen LogP contribution >= 0.6 is 0 Å². The van der Waals surface area contributed by atoms with Crippen LogP contribution in [0.2, 0.25) is 0 Å². The summed E-state index contributed by atoms with van der Waals surface area (Å²) in [6.45, 7) is 4.15. The van der Waals surface area contributed by atoms with Crippen molar-refractivity contribution in [2.45, 2.75) is 84.5 Å². The fourth-order valence-electron chi connectivity index (χ4n) is 2.70. The molecule has 24 heavy (non-hydrogen) atoms. The number of hydrogen-bond donors (Lipinski definition) is 0. The number of Topliss-reactive ketones (excluding diaryl/α,β-unsaturated/α-hetero) is 1. The molecule has 3 heteroatoms. The van der Waals surface area contributed by atoms with Gasteiger partial charge in [0.15, 0.2) is 11.5 Å². The molecule has 0 unspecified atom stereocenters. The maximum Gasteiger partial charge on any atom is 0.198 e. The number of allylic oxidation sites excluding steroid dienone is 1. The van der Waals surface area contributed by atoms with Crippen LogP contribution in [0, 0.1) is 0 Å². The first kappa shape index (κ1) is 20.4. The molecule has 0 fully saturated rings. The van der Waals surface area contributed by atoms with Crippen LogP contribution in [-0.4, -0.2) is 12.1 Å². The van der Waals surface area contributed by atoms with Gasteiger partial charge in [-0.3, -0.25) is 9.59 Å². The molecule has 0 N–H and O–H groups in total. The minimum Gasteiger partial charge on any atom is -0.454 e. The largest absolute Gasteiger partial charge is 0.454 e. The summed E-state index contributed by atoms with van der Waals surface area (Å²) in [7, 11) is 0. The van der Waals surface area contributed by atoms with Gasteiger partial charge in [-0.25, -0.2) is 0 Å². The van der Waals surface area contributed by atoms with Crippen molar-refractivity contribution in [3.05, 3.63) is 29.2 Å². The first-order chi connectivity index (χ1) is 11.7.